The van der Waals surface area contributed by atoms with E-state index in [1.807, 2.05) is 0 Å². The molecule has 46 heavy (non-hydrogen) atoms. The monoisotopic (exact) mass is 591 g/mol. The molecule has 1 aliphatic carbocycles. The molecule has 7 aromatic carbocycles. The molecule has 0 bridgehead atoms. The van der Waals surface area contributed by atoms with Crippen LogP contribution in [0.25, 0.3) is 55.0 Å². The fraction of sp³-hybridized carbons (Fsp3) is 0.0909. The van der Waals surface area contributed by atoms with Gasteiger partial charge in [0.2, 0.25) is 0 Å². The van der Waals surface area contributed by atoms with Gasteiger partial charge in [-0.15, -0.1) is 0 Å². The van der Waals surface area contributed by atoms with E-state index in [2.05, 4.69) is 157 Å². The second kappa shape index (κ2) is 10.8. The van der Waals surface area contributed by atoms with Crippen LogP contribution in [0.3, 0.4) is 0 Å². The first kappa shape index (κ1) is 26.8. The third kappa shape index (κ3) is 4.33. The maximum atomic E-state index is 6.55. The highest BCUT2D eigenvalue weighted by Gasteiger charge is 2.24. The van der Waals surface area contributed by atoms with Crippen molar-refractivity contribution in [2.45, 2.75) is 26.2 Å². The third-order valence-corrected chi connectivity index (χ3v) is 9.74. The zero-order chi connectivity index (χ0) is 30.6. The molecule has 8 aromatic rings. The molecule has 9 rings (SSSR count). The van der Waals surface area contributed by atoms with Crippen LogP contribution in [0.1, 0.15) is 23.1 Å². The summed E-state index contributed by atoms with van der Waals surface area (Å²) in [6, 6.07) is 52.8. The van der Waals surface area contributed by atoms with E-state index >= 15 is 0 Å². The fourth-order valence-corrected chi connectivity index (χ4v) is 7.50. The van der Waals surface area contributed by atoms with Crippen LogP contribution in [0.2, 0.25) is 0 Å². The average Bonchev–Trinajstić information content (AvgIpc) is 3.76. The number of anilines is 3. The summed E-state index contributed by atoms with van der Waals surface area (Å²) in [5, 5.41) is 4.67. The van der Waals surface area contributed by atoms with Crippen LogP contribution in [0.5, 0.6) is 0 Å². The zero-order valence-electron chi connectivity index (χ0n) is 25.8. The molecule has 220 valence electrons. The summed E-state index contributed by atoms with van der Waals surface area (Å²) in [4.78, 5) is 2.49. The number of aryl methyl sites for hydroxylation is 2. The average molecular weight is 592 g/mol. The Morgan fingerprint density at radius 1 is 0.522 bits per heavy atom. The molecule has 0 unspecified atom stereocenters. The van der Waals surface area contributed by atoms with Crippen LogP contribution in [0, 0.1) is 6.92 Å². The van der Waals surface area contributed by atoms with Crippen molar-refractivity contribution in [2.75, 3.05) is 4.90 Å². The maximum Gasteiger partial charge on any atom is 0.143 e. The Bertz CT molecular complexity index is 2380. The summed E-state index contributed by atoms with van der Waals surface area (Å²) in [5.41, 5.74) is 14.5. The number of benzene rings is 7. The van der Waals surface area contributed by atoms with Crippen molar-refractivity contribution in [3.8, 4) is 22.3 Å². The molecule has 0 amide bonds. The summed E-state index contributed by atoms with van der Waals surface area (Å²) >= 11 is 0. The topological polar surface area (TPSA) is 16.4 Å². The molecule has 2 heteroatoms. The highest BCUT2D eigenvalue weighted by atomic mass is 16.3. The predicted molar refractivity (Wildman–Crippen MR) is 194 cm³/mol. The highest BCUT2D eigenvalue weighted by Crippen LogP contribution is 2.47. The molecule has 1 heterocycles. The van der Waals surface area contributed by atoms with Gasteiger partial charge in [0, 0.05) is 32.9 Å². The van der Waals surface area contributed by atoms with Gasteiger partial charge < -0.3 is 9.32 Å². The Morgan fingerprint density at radius 2 is 1.17 bits per heavy atom. The number of hydrogen-bond donors (Lipinski definition) is 0. The molecule has 0 aliphatic heterocycles. The van der Waals surface area contributed by atoms with Crippen molar-refractivity contribution >= 4 is 49.8 Å². The fourth-order valence-electron chi connectivity index (χ4n) is 7.50. The Hall–Kier alpha value is -5.60. The van der Waals surface area contributed by atoms with E-state index in [-0.39, 0.29) is 0 Å². The van der Waals surface area contributed by atoms with Gasteiger partial charge in [-0.05, 0) is 95.5 Å². The molecular weight excluding hydrogens is 558 g/mol. The first-order valence-corrected chi connectivity index (χ1v) is 16.2. The molecule has 1 aliphatic rings. The van der Waals surface area contributed by atoms with E-state index < -0.39 is 0 Å². The second-order valence-electron chi connectivity index (χ2n) is 12.5. The molecule has 0 saturated heterocycles. The first-order valence-electron chi connectivity index (χ1n) is 16.2. The van der Waals surface area contributed by atoms with Crippen molar-refractivity contribution < 1.29 is 4.42 Å². The largest absolute Gasteiger partial charge is 0.455 e. The van der Waals surface area contributed by atoms with Crippen LogP contribution in [0.15, 0.2) is 150 Å². The molecule has 0 saturated carbocycles. The van der Waals surface area contributed by atoms with Crippen molar-refractivity contribution in [3.63, 3.8) is 0 Å². The Kier molecular flexibility index (Phi) is 6.28. The minimum absolute atomic E-state index is 0.937. The smallest absolute Gasteiger partial charge is 0.143 e. The zero-order valence-corrected chi connectivity index (χ0v) is 25.8. The molecule has 0 atom stereocenters. The van der Waals surface area contributed by atoms with Crippen LogP contribution in [-0.2, 0) is 12.8 Å². The lowest BCUT2D eigenvalue weighted by atomic mass is 9.98. The number of rotatable bonds is 5. The van der Waals surface area contributed by atoms with Crippen molar-refractivity contribution in [1.82, 2.24) is 0 Å². The molecule has 0 spiro atoms. The van der Waals surface area contributed by atoms with Gasteiger partial charge in [-0.2, -0.15) is 0 Å². The van der Waals surface area contributed by atoms with Gasteiger partial charge in [-0.3, -0.25) is 0 Å². The molecular formula is C44H33NO. The standard InChI is InChI=1S/C44H33NO/c1-29-10-7-19-42-43(29)39-28-41(37-15-5-6-16-38(37)44(39)46-42)45(40-18-9-14-34-13-8-17-36(34)40)35-26-24-33(25-27-35)32-22-20-31(21-23-32)30-11-3-2-4-12-30/h2-7,9-12,14-16,18-28H,8,13,17H2,1H3. The highest BCUT2D eigenvalue weighted by molar-refractivity contribution is 6.20. The predicted octanol–water partition coefficient (Wildman–Crippen LogP) is 12.3. The van der Waals surface area contributed by atoms with E-state index in [0.717, 1.165) is 40.5 Å². The first-order chi connectivity index (χ1) is 22.7. The molecule has 0 N–H and O–H groups in total. The minimum atomic E-state index is 0.937. The van der Waals surface area contributed by atoms with E-state index in [1.54, 1.807) is 0 Å². The van der Waals surface area contributed by atoms with Gasteiger partial charge in [-0.25, -0.2) is 0 Å². The van der Waals surface area contributed by atoms with Gasteiger partial charge in [0.05, 0.1) is 5.69 Å². The van der Waals surface area contributed by atoms with Gasteiger partial charge in [0.1, 0.15) is 11.2 Å². The molecule has 1 aromatic heterocycles. The van der Waals surface area contributed by atoms with Gasteiger partial charge in [0.25, 0.3) is 0 Å². The number of hydrogen-bond acceptors (Lipinski definition) is 2. The van der Waals surface area contributed by atoms with Crippen LogP contribution in [0.4, 0.5) is 17.1 Å². The lowest BCUT2D eigenvalue weighted by Gasteiger charge is -2.29. The van der Waals surface area contributed by atoms with Gasteiger partial charge in [-0.1, -0.05) is 115 Å². The Balaban J connectivity index is 1.23. The normalized spacial score (nSPS) is 12.6. The van der Waals surface area contributed by atoms with Gasteiger partial charge >= 0.3 is 0 Å². The van der Waals surface area contributed by atoms with Crippen LogP contribution < -0.4 is 4.90 Å². The number of fused-ring (bicyclic) bond motifs is 6. The quantitative estimate of drug-likeness (QED) is 0.198. The summed E-state index contributed by atoms with van der Waals surface area (Å²) in [6.07, 6.45) is 3.44. The third-order valence-electron chi connectivity index (χ3n) is 9.74. The maximum absolute atomic E-state index is 6.55. The summed E-state index contributed by atoms with van der Waals surface area (Å²) in [7, 11) is 0. The lowest BCUT2D eigenvalue weighted by Crippen LogP contribution is -2.13. The van der Waals surface area contributed by atoms with Crippen molar-refractivity contribution in [3.05, 3.63) is 162 Å². The van der Waals surface area contributed by atoms with Crippen molar-refractivity contribution in [2.24, 2.45) is 0 Å². The number of nitrogens with zero attached hydrogens (tertiary/aromatic N) is 1. The van der Waals surface area contributed by atoms with Crippen LogP contribution in [-0.4, -0.2) is 0 Å². The van der Waals surface area contributed by atoms with E-state index in [0.29, 0.717) is 0 Å². The molecule has 0 radical (unpaired) electrons. The lowest BCUT2D eigenvalue weighted by molar-refractivity contribution is 0.672. The molecule has 2 nitrogen and oxygen atoms in total. The molecule has 0 fully saturated rings. The summed E-state index contributed by atoms with van der Waals surface area (Å²) in [5.74, 6) is 0. The number of furan rings is 1. The Morgan fingerprint density at radius 3 is 1.93 bits per heavy atom. The SMILES string of the molecule is Cc1cccc2oc3c4ccccc4c(N(c4ccc(-c5ccc(-c6ccccc6)cc5)cc4)c4cccc5c4CCC5)cc3c12. The van der Waals surface area contributed by atoms with E-state index in [9.17, 15) is 0 Å². The Labute approximate surface area is 269 Å². The van der Waals surface area contributed by atoms with Gasteiger partial charge in [0.15, 0.2) is 0 Å². The van der Waals surface area contributed by atoms with Crippen LogP contribution >= 0.6 is 0 Å². The minimum Gasteiger partial charge on any atom is -0.455 e. The summed E-state index contributed by atoms with van der Waals surface area (Å²) in [6.45, 7) is 2.18. The summed E-state index contributed by atoms with van der Waals surface area (Å²) < 4.78 is 6.55. The van der Waals surface area contributed by atoms with E-state index in [4.69, 9.17) is 4.42 Å². The van der Waals surface area contributed by atoms with Crippen molar-refractivity contribution in [1.29, 1.82) is 0 Å². The van der Waals surface area contributed by atoms with E-state index in [1.165, 1.54) is 67.5 Å². The second-order valence-corrected chi connectivity index (χ2v) is 12.5.